The van der Waals surface area contributed by atoms with E-state index < -0.39 is 0 Å². The van der Waals surface area contributed by atoms with Crippen molar-refractivity contribution in [1.82, 2.24) is 9.88 Å². The Bertz CT molecular complexity index is 642. The number of likely N-dealkylation sites (tertiary alicyclic amines) is 1. The molecule has 0 aromatic carbocycles. The number of pyridine rings is 1. The third-order valence-corrected chi connectivity index (χ3v) is 4.47. The van der Waals surface area contributed by atoms with Gasteiger partial charge in [-0.3, -0.25) is 4.79 Å². The van der Waals surface area contributed by atoms with E-state index in [0.717, 1.165) is 48.7 Å². The molecular weight excluding hydrogens is 306 g/mol. The summed E-state index contributed by atoms with van der Waals surface area (Å²) in [5.74, 6) is 2.44. The second-order valence-corrected chi connectivity index (χ2v) is 6.49. The van der Waals surface area contributed by atoms with E-state index in [1.54, 1.807) is 6.20 Å². The molecule has 2 aliphatic heterocycles. The Morgan fingerprint density at radius 1 is 1.46 bits per heavy atom. The van der Waals surface area contributed by atoms with Crippen molar-refractivity contribution < 1.29 is 14.3 Å². The summed E-state index contributed by atoms with van der Waals surface area (Å²) >= 11 is 0. The fraction of sp³-hybridized carbons (Fsp3) is 0.556. The van der Waals surface area contributed by atoms with Crippen LogP contribution in [0.1, 0.15) is 26.2 Å². The predicted molar refractivity (Wildman–Crippen MR) is 92.1 cm³/mol. The van der Waals surface area contributed by atoms with Crippen LogP contribution in [0.25, 0.3) is 0 Å². The Morgan fingerprint density at radius 2 is 2.29 bits per heavy atom. The normalized spacial score (nSPS) is 20.8. The van der Waals surface area contributed by atoms with Crippen LogP contribution in [0.3, 0.4) is 0 Å². The molecule has 0 aliphatic carbocycles. The molecule has 1 saturated heterocycles. The maximum Gasteiger partial charge on any atom is 0.253 e. The molecule has 1 amide bonds. The molecule has 0 saturated carbocycles. The van der Waals surface area contributed by atoms with Crippen LogP contribution in [0, 0.1) is 0 Å². The molecule has 0 unspecified atom stereocenters. The topological polar surface area (TPSA) is 54.9 Å². The number of allylic oxidation sites excluding steroid dienone is 1. The van der Waals surface area contributed by atoms with Gasteiger partial charge in [-0.05, 0) is 31.9 Å². The zero-order valence-electron chi connectivity index (χ0n) is 14.6. The minimum Gasteiger partial charge on any atom is -0.498 e. The predicted octanol–water partition coefficient (Wildman–Crippen LogP) is 2.21. The van der Waals surface area contributed by atoms with Crippen molar-refractivity contribution >= 4 is 11.7 Å². The molecule has 1 fully saturated rings. The highest BCUT2D eigenvalue weighted by Crippen LogP contribution is 2.28. The van der Waals surface area contributed by atoms with Crippen molar-refractivity contribution in [3.8, 4) is 5.75 Å². The Balaban J connectivity index is 1.65. The number of amides is 1. The molecule has 1 atom stereocenters. The summed E-state index contributed by atoms with van der Waals surface area (Å²) in [6.07, 6.45) is 4.31. The van der Waals surface area contributed by atoms with Gasteiger partial charge >= 0.3 is 0 Å². The van der Waals surface area contributed by atoms with E-state index in [-0.39, 0.29) is 12.0 Å². The summed E-state index contributed by atoms with van der Waals surface area (Å²) < 4.78 is 11.6. The molecule has 130 valence electrons. The first kappa shape index (κ1) is 16.6. The maximum absolute atomic E-state index is 12.7. The summed E-state index contributed by atoms with van der Waals surface area (Å²) in [4.78, 5) is 20.9. The van der Waals surface area contributed by atoms with Crippen LogP contribution in [0.2, 0.25) is 0 Å². The molecule has 0 bridgehead atoms. The highest BCUT2D eigenvalue weighted by Gasteiger charge is 2.31. The first-order chi connectivity index (χ1) is 11.6. The van der Waals surface area contributed by atoms with Gasteiger partial charge in [0.2, 0.25) is 0 Å². The van der Waals surface area contributed by atoms with Crippen LogP contribution in [0.5, 0.6) is 5.75 Å². The van der Waals surface area contributed by atoms with Gasteiger partial charge in [-0.25, -0.2) is 4.98 Å². The Labute approximate surface area is 143 Å². The van der Waals surface area contributed by atoms with Gasteiger partial charge in [0.15, 0.2) is 11.6 Å². The molecule has 6 nitrogen and oxygen atoms in total. The average Bonchev–Trinajstić information content (AvgIpc) is 3.03. The maximum atomic E-state index is 12.7. The Kier molecular flexibility index (Phi) is 4.92. The van der Waals surface area contributed by atoms with Gasteiger partial charge in [0.1, 0.15) is 11.9 Å². The lowest BCUT2D eigenvalue weighted by molar-refractivity contribution is -0.127. The van der Waals surface area contributed by atoms with Crippen molar-refractivity contribution in [2.24, 2.45) is 0 Å². The summed E-state index contributed by atoms with van der Waals surface area (Å²) in [5, 5.41) is 0. The minimum absolute atomic E-state index is 0.00210. The molecule has 2 aliphatic rings. The number of carbonyl (C=O) groups is 1. The minimum atomic E-state index is 0.00210. The molecule has 1 aromatic rings. The van der Waals surface area contributed by atoms with Gasteiger partial charge in [0, 0.05) is 33.3 Å². The van der Waals surface area contributed by atoms with Gasteiger partial charge in [0.25, 0.3) is 5.91 Å². The smallest absolute Gasteiger partial charge is 0.253 e. The number of ether oxygens (including phenoxy) is 2. The van der Waals surface area contributed by atoms with E-state index in [9.17, 15) is 4.79 Å². The van der Waals surface area contributed by atoms with E-state index in [0.29, 0.717) is 13.2 Å². The van der Waals surface area contributed by atoms with Crippen molar-refractivity contribution in [2.45, 2.75) is 32.3 Å². The van der Waals surface area contributed by atoms with Crippen LogP contribution in [-0.4, -0.2) is 55.7 Å². The summed E-state index contributed by atoms with van der Waals surface area (Å²) in [6.45, 7) is 3.92. The lowest BCUT2D eigenvalue weighted by Gasteiger charge is -2.23. The van der Waals surface area contributed by atoms with Gasteiger partial charge in [-0.2, -0.15) is 0 Å². The first-order valence-corrected chi connectivity index (χ1v) is 8.47. The number of hydrogen-bond donors (Lipinski definition) is 0. The van der Waals surface area contributed by atoms with Crippen LogP contribution in [-0.2, 0) is 9.53 Å². The fourth-order valence-corrected chi connectivity index (χ4v) is 3.18. The SMILES string of the molecule is CC1=C(C(=O)N2CC[C@H](Oc3cccnc3N(C)C)C2)CCCO1. The molecule has 0 radical (unpaired) electrons. The largest absolute Gasteiger partial charge is 0.498 e. The standard InChI is InChI=1S/C18H25N3O3/c1-13-15(6-5-11-23-13)18(22)21-10-8-14(12-21)24-16-7-4-9-19-17(16)20(2)3/h4,7,9,14H,5-6,8,10-12H2,1-3H3/t14-/m0/s1. The van der Waals surface area contributed by atoms with Crippen LogP contribution in [0.15, 0.2) is 29.7 Å². The third kappa shape index (κ3) is 3.47. The molecule has 0 spiro atoms. The molecule has 24 heavy (non-hydrogen) atoms. The fourth-order valence-electron chi connectivity index (χ4n) is 3.18. The van der Waals surface area contributed by atoms with Gasteiger partial charge < -0.3 is 19.3 Å². The second-order valence-electron chi connectivity index (χ2n) is 6.49. The van der Waals surface area contributed by atoms with Crippen LogP contribution < -0.4 is 9.64 Å². The number of anilines is 1. The van der Waals surface area contributed by atoms with E-state index in [1.165, 1.54) is 0 Å². The molecule has 1 aromatic heterocycles. The van der Waals surface area contributed by atoms with E-state index in [2.05, 4.69) is 4.98 Å². The number of carbonyl (C=O) groups excluding carboxylic acids is 1. The summed E-state index contributed by atoms with van der Waals surface area (Å²) in [6, 6.07) is 3.79. The zero-order chi connectivity index (χ0) is 17.1. The lowest BCUT2D eigenvalue weighted by atomic mass is 10.1. The van der Waals surface area contributed by atoms with Gasteiger partial charge in [0.05, 0.1) is 18.7 Å². The van der Waals surface area contributed by atoms with E-state index in [4.69, 9.17) is 9.47 Å². The number of nitrogens with zero attached hydrogens (tertiary/aromatic N) is 3. The Hall–Kier alpha value is -2.24. The summed E-state index contributed by atoms with van der Waals surface area (Å²) in [5.41, 5.74) is 0.817. The molecule has 0 N–H and O–H groups in total. The van der Waals surface area contributed by atoms with Crippen LogP contribution in [0.4, 0.5) is 5.82 Å². The van der Waals surface area contributed by atoms with Crippen molar-refractivity contribution in [3.05, 3.63) is 29.7 Å². The van der Waals surface area contributed by atoms with E-state index in [1.807, 2.05) is 43.0 Å². The van der Waals surface area contributed by atoms with Crippen molar-refractivity contribution in [1.29, 1.82) is 0 Å². The average molecular weight is 331 g/mol. The van der Waals surface area contributed by atoms with E-state index >= 15 is 0 Å². The second kappa shape index (κ2) is 7.11. The monoisotopic (exact) mass is 331 g/mol. The molecule has 3 rings (SSSR count). The van der Waals surface area contributed by atoms with Crippen molar-refractivity contribution in [2.75, 3.05) is 38.7 Å². The molecular formula is C18H25N3O3. The third-order valence-electron chi connectivity index (χ3n) is 4.47. The first-order valence-electron chi connectivity index (χ1n) is 8.47. The van der Waals surface area contributed by atoms with Crippen molar-refractivity contribution in [3.63, 3.8) is 0 Å². The molecule has 3 heterocycles. The lowest BCUT2D eigenvalue weighted by Crippen LogP contribution is -2.33. The number of hydrogen-bond acceptors (Lipinski definition) is 5. The highest BCUT2D eigenvalue weighted by molar-refractivity contribution is 5.94. The number of aromatic nitrogens is 1. The van der Waals surface area contributed by atoms with Gasteiger partial charge in [-0.15, -0.1) is 0 Å². The zero-order valence-corrected chi connectivity index (χ0v) is 14.6. The quantitative estimate of drug-likeness (QED) is 0.847. The highest BCUT2D eigenvalue weighted by atomic mass is 16.5. The van der Waals surface area contributed by atoms with Crippen LogP contribution >= 0.6 is 0 Å². The molecule has 6 heteroatoms. The van der Waals surface area contributed by atoms with Gasteiger partial charge in [-0.1, -0.05) is 0 Å². The summed E-state index contributed by atoms with van der Waals surface area (Å²) in [7, 11) is 3.88. The number of rotatable bonds is 4. The Morgan fingerprint density at radius 3 is 3.04 bits per heavy atom.